The summed E-state index contributed by atoms with van der Waals surface area (Å²) in [5.41, 5.74) is 2.98. The Morgan fingerprint density at radius 2 is 1.82 bits per heavy atom. The van der Waals surface area contributed by atoms with Crippen molar-refractivity contribution in [2.45, 2.75) is 38.4 Å². The number of nitrogens with zero attached hydrogens (tertiary/aromatic N) is 3. The van der Waals surface area contributed by atoms with E-state index in [1.165, 1.54) is 11.8 Å². The molecule has 1 aromatic heterocycles. The minimum atomic E-state index is -0.0323. The summed E-state index contributed by atoms with van der Waals surface area (Å²) >= 11 is 1.32. The van der Waals surface area contributed by atoms with Crippen molar-refractivity contribution in [2.75, 3.05) is 5.75 Å². The SMILES string of the molecule is CCc1nnc(SCC(=O)NCc2ccccc2)nc1CC. The van der Waals surface area contributed by atoms with Crippen LogP contribution in [0.25, 0.3) is 0 Å². The van der Waals surface area contributed by atoms with Gasteiger partial charge in [-0.2, -0.15) is 5.10 Å². The molecule has 0 saturated carbocycles. The van der Waals surface area contributed by atoms with Crippen molar-refractivity contribution in [2.24, 2.45) is 0 Å². The fourth-order valence-corrected chi connectivity index (χ4v) is 2.60. The van der Waals surface area contributed by atoms with Crippen LogP contribution in [-0.2, 0) is 24.2 Å². The minimum absolute atomic E-state index is 0.0323. The van der Waals surface area contributed by atoms with Gasteiger partial charge in [0.2, 0.25) is 11.1 Å². The molecule has 0 aliphatic heterocycles. The van der Waals surface area contributed by atoms with Crippen LogP contribution < -0.4 is 5.32 Å². The predicted octanol–water partition coefficient (Wildman–Crippen LogP) is 2.40. The molecular weight excluding hydrogens is 296 g/mol. The molecule has 0 spiro atoms. The standard InChI is InChI=1S/C16H20N4OS/c1-3-13-14(4-2)19-20-16(18-13)22-11-15(21)17-10-12-8-6-5-7-9-12/h5-9H,3-4,10-11H2,1-2H3,(H,17,21). The Labute approximate surface area is 135 Å². The van der Waals surface area contributed by atoms with Crippen molar-refractivity contribution in [3.8, 4) is 0 Å². The molecule has 5 nitrogen and oxygen atoms in total. The topological polar surface area (TPSA) is 67.8 Å². The van der Waals surface area contributed by atoms with Crippen LogP contribution in [0.4, 0.5) is 0 Å². The Bertz CT molecular complexity index is 619. The van der Waals surface area contributed by atoms with Crippen LogP contribution in [0.5, 0.6) is 0 Å². The maximum Gasteiger partial charge on any atom is 0.230 e. The molecule has 2 aromatic rings. The van der Waals surface area contributed by atoms with Crippen molar-refractivity contribution < 1.29 is 4.79 Å². The van der Waals surface area contributed by atoms with Crippen LogP contribution in [0.1, 0.15) is 30.8 Å². The third-order valence-corrected chi connectivity index (χ3v) is 3.99. The third kappa shape index (κ3) is 4.80. The van der Waals surface area contributed by atoms with Gasteiger partial charge in [-0.3, -0.25) is 4.79 Å². The molecule has 1 heterocycles. The summed E-state index contributed by atoms with van der Waals surface area (Å²) in [6, 6.07) is 9.83. The Morgan fingerprint density at radius 1 is 1.09 bits per heavy atom. The van der Waals surface area contributed by atoms with Gasteiger partial charge >= 0.3 is 0 Å². The number of amides is 1. The number of hydrogen-bond donors (Lipinski definition) is 1. The van der Waals surface area contributed by atoms with E-state index in [9.17, 15) is 4.79 Å². The largest absolute Gasteiger partial charge is 0.351 e. The lowest BCUT2D eigenvalue weighted by Gasteiger charge is -2.06. The third-order valence-electron chi connectivity index (χ3n) is 3.15. The second-order valence-electron chi connectivity index (χ2n) is 4.75. The van der Waals surface area contributed by atoms with Crippen LogP contribution in [0, 0.1) is 0 Å². The van der Waals surface area contributed by atoms with E-state index >= 15 is 0 Å². The van der Waals surface area contributed by atoms with Crippen molar-refractivity contribution in [3.63, 3.8) is 0 Å². The van der Waals surface area contributed by atoms with Gasteiger partial charge in [0, 0.05) is 6.54 Å². The van der Waals surface area contributed by atoms with E-state index in [2.05, 4.69) is 20.5 Å². The van der Waals surface area contributed by atoms with Crippen LogP contribution in [-0.4, -0.2) is 26.8 Å². The number of carbonyl (C=O) groups excluding carboxylic acids is 1. The molecule has 0 bridgehead atoms. The minimum Gasteiger partial charge on any atom is -0.351 e. The Morgan fingerprint density at radius 3 is 2.50 bits per heavy atom. The number of thioether (sulfide) groups is 1. The van der Waals surface area contributed by atoms with Gasteiger partial charge in [-0.15, -0.1) is 5.10 Å². The molecular formula is C16H20N4OS. The van der Waals surface area contributed by atoms with Gasteiger partial charge in [-0.05, 0) is 18.4 Å². The van der Waals surface area contributed by atoms with Gasteiger partial charge in [0.05, 0.1) is 17.1 Å². The quantitative estimate of drug-likeness (QED) is 0.795. The molecule has 0 atom stereocenters. The van der Waals surface area contributed by atoms with Crippen LogP contribution in [0.15, 0.2) is 35.5 Å². The van der Waals surface area contributed by atoms with Gasteiger partial charge in [0.25, 0.3) is 0 Å². The van der Waals surface area contributed by atoms with Gasteiger partial charge in [0.15, 0.2) is 0 Å². The first kappa shape index (κ1) is 16.4. The highest BCUT2D eigenvalue weighted by molar-refractivity contribution is 7.99. The second kappa shape index (κ2) is 8.48. The number of rotatable bonds is 7. The summed E-state index contributed by atoms with van der Waals surface area (Å²) < 4.78 is 0. The first-order chi connectivity index (χ1) is 10.7. The number of benzene rings is 1. The summed E-state index contributed by atoms with van der Waals surface area (Å²) in [6.07, 6.45) is 1.65. The summed E-state index contributed by atoms with van der Waals surface area (Å²) in [5, 5.41) is 11.7. The summed E-state index contributed by atoms with van der Waals surface area (Å²) in [6.45, 7) is 4.62. The Hall–Kier alpha value is -1.95. The predicted molar refractivity (Wildman–Crippen MR) is 87.6 cm³/mol. The number of nitrogens with one attached hydrogen (secondary N) is 1. The zero-order chi connectivity index (χ0) is 15.8. The Balaban J connectivity index is 1.83. The molecule has 1 N–H and O–H groups in total. The van der Waals surface area contributed by atoms with E-state index in [-0.39, 0.29) is 5.91 Å². The summed E-state index contributed by atoms with van der Waals surface area (Å²) in [7, 11) is 0. The van der Waals surface area contributed by atoms with E-state index in [4.69, 9.17) is 0 Å². The zero-order valence-corrected chi connectivity index (χ0v) is 13.7. The van der Waals surface area contributed by atoms with Crippen LogP contribution in [0.3, 0.4) is 0 Å². The fraction of sp³-hybridized carbons (Fsp3) is 0.375. The van der Waals surface area contributed by atoms with Gasteiger partial charge < -0.3 is 5.32 Å². The van der Waals surface area contributed by atoms with Crippen molar-refractivity contribution in [3.05, 3.63) is 47.3 Å². The average molecular weight is 316 g/mol. The molecule has 2 rings (SSSR count). The summed E-state index contributed by atoms with van der Waals surface area (Å²) in [4.78, 5) is 16.3. The molecule has 22 heavy (non-hydrogen) atoms. The van der Waals surface area contributed by atoms with E-state index in [0.29, 0.717) is 17.5 Å². The molecule has 0 radical (unpaired) electrons. The first-order valence-electron chi connectivity index (χ1n) is 7.38. The summed E-state index contributed by atoms with van der Waals surface area (Å²) in [5.74, 6) is 0.262. The first-order valence-corrected chi connectivity index (χ1v) is 8.37. The maximum atomic E-state index is 11.9. The second-order valence-corrected chi connectivity index (χ2v) is 5.69. The highest BCUT2D eigenvalue weighted by Gasteiger charge is 2.09. The molecule has 0 unspecified atom stereocenters. The monoisotopic (exact) mass is 316 g/mol. The fourth-order valence-electron chi connectivity index (χ4n) is 1.96. The molecule has 1 aromatic carbocycles. The molecule has 6 heteroatoms. The van der Waals surface area contributed by atoms with E-state index in [1.54, 1.807) is 0 Å². The normalized spacial score (nSPS) is 10.5. The van der Waals surface area contributed by atoms with E-state index in [1.807, 2.05) is 44.2 Å². The zero-order valence-electron chi connectivity index (χ0n) is 12.9. The molecule has 0 fully saturated rings. The molecule has 0 saturated heterocycles. The average Bonchev–Trinajstić information content (AvgIpc) is 2.58. The van der Waals surface area contributed by atoms with Gasteiger partial charge in [-0.1, -0.05) is 55.9 Å². The highest BCUT2D eigenvalue weighted by Crippen LogP contribution is 2.14. The lowest BCUT2D eigenvalue weighted by Crippen LogP contribution is -2.24. The number of aromatic nitrogens is 3. The molecule has 1 amide bonds. The van der Waals surface area contributed by atoms with Crippen LogP contribution in [0.2, 0.25) is 0 Å². The lowest BCUT2D eigenvalue weighted by molar-refractivity contribution is -0.118. The van der Waals surface area contributed by atoms with E-state index < -0.39 is 0 Å². The van der Waals surface area contributed by atoms with Crippen LogP contribution >= 0.6 is 11.8 Å². The lowest BCUT2D eigenvalue weighted by atomic mass is 10.2. The maximum absolute atomic E-state index is 11.9. The van der Waals surface area contributed by atoms with Gasteiger partial charge in [-0.25, -0.2) is 4.98 Å². The molecule has 0 aliphatic rings. The van der Waals surface area contributed by atoms with E-state index in [0.717, 1.165) is 29.8 Å². The van der Waals surface area contributed by atoms with Crippen molar-refractivity contribution in [1.82, 2.24) is 20.5 Å². The van der Waals surface area contributed by atoms with Crippen molar-refractivity contribution >= 4 is 17.7 Å². The van der Waals surface area contributed by atoms with Crippen molar-refractivity contribution in [1.29, 1.82) is 0 Å². The highest BCUT2D eigenvalue weighted by atomic mass is 32.2. The number of aryl methyl sites for hydroxylation is 2. The van der Waals surface area contributed by atoms with Gasteiger partial charge in [0.1, 0.15) is 0 Å². The molecule has 116 valence electrons. The number of hydrogen-bond acceptors (Lipinski definition) is 5. The Kier molecular flexibility index (Phi) is 6.33. The number of carbonyl (C=O) groups is 1. The smallest absolute Gasteiger partial charge is 0.230 e. The molecule has 0 aliphatic carbocycles.